The molecule has 2 aromatic rings. The van der Waals surface area contributed by atoms with E-state index in [2.05, 4.69) is 12.1 Å². The minimum Gasteiger partial charge on any atom is -0.478 e. The number of carboxylic acids is 1. The molecule has 1 atom stereocenters. The maximum absolute atomic E-state index is 12.3. The Morgan fingerprint density at radius 2 is 2.00 bits per heavy atom. The molecular weight excluding hydrogens is 270 g/mol. The summed E-state index contributed by atoms with van der Waals surface area (Å²) in [7, 11) is 0. The maximum atomic E-state index is 12.3. The number of benzene rings is 1. The van der Waals surface area contributed by atoms with Crippen LogP contribution in [0.2, 0.25) is 0 Å². The molecule has 21 heavy (non-hydrogen) atoms. The Kier molecular flexibility index (Phi) is 3.48. The molecule has 0 radical (unpaired) electrons. The topological polar surface area (TPSA) is 70.7 Å². The second kappa shape index (κ2) is 5.44. The molecule has 3 rings (SSSR count). The Hall–Kier alpha value is -2.56. The van der Waals surface area contributed by atoms with E-state index in [-0.39, 0.29) is 17.2 Å². The van der Waals surface area contributed by atoms with Gasteiger partial charge in [0, 0.05) is 25.1 Å². The average molecular weight is 285 g/mol. The standard InChI is InChI=1S/C16H15NO4/c18-15(14-8-13(10-21-14)16(19)20)17-7-6-12(9-17)11-4-2-1-3-5-11/h1-5,8,10,12H,6-7,9H2,(H,19,20). The number of furan rings is 1. The van der Waals surface area contributed by atoms with Crippen LogP contribution < -0.4 is 0 Å². The third-order valence-corrected chi connectivity index (χ3v) is 3.80. The highest BCUT2D eigenvalue weighted by atomic mass is 16.4. The minimum absolute atomic E-state index is 0.00263. The predicted octanol–water partition coefficient (Wildman–Crippen LogP) is 2.61. The van der Waals surface area contributed by atoms with Gasteiger partial charge in [0.15, 0.2) is 5.76 Å². The molecule has 1 aliphatic heterocycles. The summed E-state index contributed by atoms with van der Waals surface area (Å²) in [6.07, 6.45) is 2.00. The van der Waals surface area contributed by atoms with Crippen LogP contribution in [0.4, 0.5) is 0 Å². The van der Waals surface area contributed by atoms with Gasteiger partial charge in [0.1, 0.15) is 6.26 Å². The van der Waals surface area contributed by atoms with Crippen LogP contribution >= 0.6 is 0 Å². The SMILES string of the molecule is O=C(O)c1coc(C(=O)N2CCC(c3ccccc3)C2)c1. The Morgan fingerprint density at radius 1 is 1.24 bits per heavy atom. The number of rotatable bonds is 3. The number of nitrogens with zero attached hydrogens (tertiary/aromatic N) is 1. The van der Waals surface area contributed by atoms with Gasteiger partial charge in [-0.1, -0.05) is 30.3 Å². The van der Waals surface area contributed by atoms with Crippen molar-refractivity contribution in [3.8, 4) is 0 Å². The molecule has 0 saturated carbocycles. The molecule has 1 aromatic heterocycles. The molecule has 1 fully saturated rings. The molecule has 0 spiro atoms. The summed E-state index contributed by atoms with van der Waals surface area (Å²) in [6.45, 7) is 1.29. The van der Waals surface area contributed by atoms with Gasteiger partial charge < -0.3 is 14.4 Å². The van der Waals surface area contributed by atoms with E-state index in [0.29, 0.717) is 19.0 Å². The first-order valence-corrected chi connectivity index (χ1v) is 6.81. The second-order valence-electron chi connectivity index (χ2n) is 5.15. The van der Waals surface area contributed by atoms with E-state index in [4.69, 9.17) is 9.52 Å². The lowest BCUT2D eigenvalue weighted by molar-refractivity contribution is 0.0695. The zero-order valence-electron chi connectivity index (χ0n) is 11.4. The lowest BCUT2D eigenvalue weighted by atomic mass is 9.99. The largest absolute Gasteiger partial charge is 0.478 e. The quantitative estimate of drug-likeness (QED) is 0.941. The lowest BCUT2D eigenvalue weighted by Gasteiger charge is -2.15. The highest BCUT2D eigenvalue weighted by Gasteiger charge is 2.29. The number of hydrogen-bond acceptors (Lipinski definition) is 3. The number of carbonyl (C=O) groups excluding carboxylic acids is 1. The van der Waals surface area contributed by atoms with Crippen molar-refractivity contribution >= 4 is 11.9 Å². The number of carboxylic acid groups (broad SMARTS) is 1. The Morgan fingerprint density at radius 3 is 2.67 bits per heavy atom. The first kappa shape index (κ1) is 13.4. The van der Waals surface area contributed by atoms with Crippen LogP contribution in [0.1, 0.15) is 38.8 Å². The molecule has 1 unspecified atom stereocenters. The van der Waals surface area contributed by atoms with Crippen LogP contribution in [0, 0.1) is 0 Å². The molecule has 1 saturated heterocycles. The van der Waals surface area contributed by atoms with E-state index in [9.17, 15) is 9.59 Å². The smallest absolute Gasteiger partial charge is 0.338 e. The van der Waals surface area contributed by atoms with Crippen LogP contribution in [0.15, 0.2) is 47.1 Å². The fourth-order valence-corrected chi connectivity index (χ4v) is 2.66. The molecule has 0 aliphatic carbocycles. The summed E-state index contributed by atoms with van der Waals surface area (Å²) in [6, 6.07) is 11.4. The Balaban J connectivity index is 1.70. The van der Waals surface area contributed by atoms with E-state index in [1.165, 1.54) is 11.6 Å². The van der Waals surface area contributed by atoms with Crippen LogP contribution in [0.3, 0.4) is 0 Å². The van der Waals surface area contributed by atoms with Crippen LogP contribution in [0.5, 0.6) is 0 Å². The lowest BCUT2D eigenvalue weighted by Crippen LogP contribution is -2.28. The van der Waals surface area contributed by atoms with Gasteiger partial charge in [-0.05, 0) is 12.0 Å². The van der Waals surface area contributed by atoms with Gasteiger partial charge in [-0.3, -0.25) is 4.79 Å². The summed E-state index contributed by atoms with van der Waals surface area (Å²) in [5.41, 5.74) is 1.22. The van der Waals surface area contributed by atoms with Gasteiger partial charge in [0.05, 0.1) is 5.56 Å². The van der Waals surface area contributed by atoms with Crippen LogP contribution in [-0.4, -0.2) is 35.0 Å². The number of aromatic carboxylic acids is 1. The second-order valence-corrected chi connectivity index (χ2v) is 5.15. The molecule has 2 heterocycles. The van der Waals surface area contributed by atoms with Gasteiger partial charge in [0.2, 0.25) is 0 Å². The third kappa shape index (κ3) is 2.67. The van der Waals surface area contributed by atoms with E-state index in [1.807, 2.05) is 18.2 Å². The number of amides is 1. The van der Waals surface area contributed by atoms with Gasteiger partial charge in [0.25, 0.3) is 5.91 Å². The van der Waals surface area contributed by atoms with Crippen molar-refractivity contribution in [3.63, 3.8) is 0 Å². The van der Waals surface area contributed by atoms with E-state index >= 15 is 0 Å². The van der Waals surface area contributed by atoms with Gasteiger partial charge >= 0.3 is 5.97 Å². The summed E-state index contributed by atoms with van der Waals surface area (Å²) < 4.78 is 5.07. The van der Waals surface area contributed by atoms with Crippen molar-refractivity contribution in [1.82, 2.24) is 4.90 Å². The van der Waals surface area contributed by atoms with Crippen molar-refractivity contribution < 1.29 is 19.1 Å². The summed E-state index contributed by atoms with van der Waals surface area (Å²) in [4.78, 5) is 24.8. The van der Waals surface area contributed by atoms with Crippen molar-refractivity contribution in [2.24, 2.45) is 0 Å². The highest BCUT2D eigenvalue weighted by molar-refractivity contribution is 5.95. The first-order valence-electron chi connectivity index (χ1n) is 6.81. The van der Waals surface area contributed by atoms with E-state index < -0.39 is 5.97 Å². The molecule has 0 bridgehead atoms. The fourth-order valence-electron chi connectivity index (χ4n) is 2.66. The van der Waals surface area contributed by atoms with Crippen molar-refractivity contribution in [2.75, 3.05) is 13.1 Å². The Bertz CT molecular complexity index is 662. The van der Waals surface area contributed by atoms with Gasteiger partial charge in [-0.25, -0.2) is 4.79 Å². The predicted molar refractivity (Wildman–Crippen MR) is 75.4 cm³/mol. The molecule has 1 aromatic carbocycles. The number of hydrogen-bond donors (Lipinski definition) is 1. The minimum atomic E-state index is -1.10. The van der Waals surface area contributed by atoms with Gasteiger partial charge in [-0.15, -0.1) is 0 Å². The number of likely N-dealkylation sites (tertiary alicyclic amines) is 1. The molecule has 1 N–H and O–H groups in total. The van der Waals surface area contributed by atoms with E-state index in [1.54, 1.807) is 4.90 Å². The molecule has 1 amide bonds. The zero-order chi connectivity index (χ0) is 14.8. The summed E-state index contributed by atoms with van der Waals surface area (Å²) >= 11 is 0. The zero-order valence-corrected chi connectivity index (χ0v) is 11.4. The normalized spacial score (nSPS) is 17.9. The molecule has 108 valence electrons. The molecule has 1 aliphatic rings. The van der Waals surface area contributed by atoms with E-state index in [0.717, 1.165) is 12.7 Å². The molecular formula is C16H15NO4. The van der Waals surface area contributed by atoms with Crippen molar-refractivity contribution in [1.29, 1.82) is 0 Å². The maximum Gasteiger partial charge on any atom is 0.338 e. The summed E-state index contributed by atoms with van der Waals surface area (Å²) in [5.74, 6) is -0.938. The number of carbonyl (C=O) groups is 2. The van der Waals surface area contributed by atoms with Crippen LogP contribution in [0.25, 0.3) is 0 Å². The van der Waals surface area contributed by atoms with Gasteiger partial charge in [-0.2, -0.15) is 0 Å². The highest BCUT2D eigenvalue weighted by Crippen LogP contribution is 2.28. The van der Waals surface area contributed by atoms with Crippen molar-refractivity contribution in [2.45, 2.75) is 12.3 Å². The first-order chi connectivity index (χ1) is 10.1. The summed E-state index contributed by atoms with van der Waals surface area (Å²) in [5, 5.41) is 8.85. The fraction of sp³-hybridized carbons (Fsp3) is 0.250. The molecule has 5 nitrogen and oxygen atoms in total. The van der Waals surface area contributed by atoms with Crippen molar-refractivity contribution in [3.05, 3.63) is 59.5 Å². The average Bonchev–Trinajstić information content (AvgIpc) is 3.17. The third-order valence-electron chi connectivity index (χ3n) is 3.80. The monoisotopic (exact) mass is 285 g/mol. The Labute approximate surface area is 121 Å². The molecule has 5 heteroatoms. The van der Waals surface area contributed by atoms with Crippen LogP contribution in [-0.2, 0) is 0 Å².